The molecule has 0 fully saturated rings. The van der Waals surface area contributed by atoms with Crippen LogP contribution in [0, 0.1) is 20.8 Å². The number of carbonyl (C=O) groups excluding carboxylic acids is 1. The average molecular weight is 262 g/mol. The molecule has 0 aliphatic heterocycles. The van der Waals surface area contributed by atoms with Gasteiger partial charge in [-0.2, -0.15) is 0 Å². The first-order valence-electron chi connectivity index (χ1n) is 6.99. The Kier molecular flexibility index (Phi) is 6.03. The van der Waals surface area contributed by atoms with Crippen LogP contribution in [0.5, 0.6) is 0 Å². The molecule has 0 spiro atoms. The van der Waals surface area contributed by atoms with Gasteiger partial charge in [0.25, 0.3) is 0 Å². The molecule has 0 saturated heterocycles. The minimum absolute atomic E-state index is 0.0901. The van der Waals surface area contributed by atoms with E-state index in [0.29, 0.717) is 13.0 Å². The molecule has 1 atom stereocenters. The highest BCUT2D eigenvalue weighted by atomic mass is 16.1. The summed E-state index contributed by atoms with van der Waals surface area (Å²) < 4.78 is 0. The van der Waals surface area contributed by atoms with Gasteiger partial charge in [0.1, 0.15) is 0 Å². The summed E-state index contributed by atoms with van der Waals surface area (Å²) in [5.41, 5.74) is 10.9. The highest BCUT2D eigenvalue weighted by Crippen LogP contribution is 2.16. The van der Waals surface area contributed by atoms with Gasteiger partial charge in [0.2, 0.25) is 5.91 Å². The van der Waals surface area contributed by atoms with Crippen molar-refractivity contribution in [3.63, 3.8) is 0 Å². The molecule has 19 heavy (non-hydrogen) atoms. The molecule has 0 bridgehead atoms. The minimum Gasteiger partial charge on any atom is -0.356 e. The Bertz CT molecular complexity index is 415. The Morgan fingerprint density at radius 3 is 2.37 bits per heavy atom. The van der Waals surface area contributed by atoms with Crippen molar-refractivity contribution in [2.45, 2.75) is 53.0 Å². The number of rotatable bonds is 6. The second-order valence-electron chi connectivity index (χ2n) is 5.49. The van der Waals surface area contributed by atoms with Gasteiger partial charge in [-0.05, 0) is 57.2 Å². The number of hydrogen-bond donors (Lipinski definition) is 2. The summed E-state index contributed by atoms with van der Waals surface area (Å²) in [6.07, 6.45) is 2.15. The van der Waals surface area contributed by atoms with Gasteiger partial charge in [0, 0.05) is 19.0 Å². The molecule has 1 amide bonds. The first-order valence-corrected chi connectivity index (χ1v) is 6.99. The Morgan fingerprint density at radius 2 is 1.84 bits per heavy atom. The van der Waals surface area contributed by atoms with E-state index in [4.69, 9.17) is 5.73 Å². The molecule has 1 aromatic rings. The van der Waals surface area contributed by atoms with Gasteiger partial charge in [0.05, 0.1) is 0 Å². The summed E-state index contributed by atoms with van der Waals surface area (Å²) in [7, 11) is 0. The fraction of sp³-hybridized carbons (Fsp3) is 0.562. The molecule has 1 rings (SSSR count). The molecule has 0 saturated carbocycles. The summed E-state index contributed by atoms with van der Waals surface area (Å²) >= 11 is 0. The van der Waals surface area contributed by atoms with Crippen molar-refractivity contribution in [3.05, 3.63) is 34.4 Å². The van der Waals surface area contributed by atoms with Gasteiger partial charge in [-0.15, -0.1) is 0 Å². The maximum Gasteiger partial charge on any atom is 0.220 e. The van der Waals surface area contributed by atoms with E-state index in [9.17, 15) is 4.79 Å². The van der Waals surface area contributed by atoms with Crippen LogP contribution in [0.25, 0.3) is 0 Å². The monoisotopic (exact) mass is 262 g/mol. The number of benzene rings is 1. The van der Waals surface area contributed by atoms with Crippen LogP contribution in [0.2, 0.25) is 0 Å². The van der Waals surface area contributed by atoms with Crippen molar-refractivity contribution in [2.24, 2.45) is 5.73 Å². The fourth-order valence-electron chi connectivity index (χ4n) is 2.38. The summed E-state index contributed by atoms with van der Waals surface area (Å²) in [5, 5.41) is 2.96. The third-order valence-corrected chi connectivity index (χ3v) is 3.36. The van der Waals surface area contributed by atoms with Crippen LogP contribution in [-0.4, -0.2) is 18.5 Å². The third kappa shape index (κ3) is 5.43. The zero-order chi connectivity index (χ0) is 14.4. The van der Waals surface area contributed by atoms with Crippen molar-refractivity contribution in [3.8, 4) is 0 Å². The predicted octanol–water partition coefficient (Wildman–Crippen LogP) is 2.40. The molecule has 1 unspecified atom stereocenters. The van der Waals surface area contributed by atoms with E-state index in [1.165, 1.54) is 22.3 Å². The highest BCUT2D eigenvalue weighted by Gasteiger charge is 2.06. The van der Waals surface area contributed by atoms with Gasteiger partial charge >= 0.3 is 0 Å². The largest absolute Gasteiger partial charge is 0.356 e. The second kappa shape index (κ2) is 7.29. The summed E-state index contributed by atoms with van der Waals surface area (Å²) in [6, 6.07) is 4.48. The molecule has 0 aliphatic rings. The van der Waals surface area contributed by atoms with Gasteiger partial charge in [-0.3, -0.25) is 4.79 Å². The van der Waals surface area contributed by atoms with Gasteiger partial charge in [-0.25, -0.2) is 0 Å². The zero-order valence-electron chi connectivity index (χ0n) is 12.5. The van der Waals surface area contributed by atoms with E-state index in [1.54, 1.807) is 0 Å². The number of amides is 1. The number of carbonyl (C=O) groups is 1. The van der Waals surface area contributed by atoms with Crippen LogP contribution < -0.4 is 11.1 Å². The third-order valence-electron chi connectivity index (χ3n) is 3.36. The SMILES string of the molecule is Cc1cc(C)c(CCNC(=O)CCC(C)N)c(C)c1. The Hall–Kier alpha value is -1.35. The smallest absolute Gasteiger partial charge is 0.220 e. The Labute approximate surface area is 116 Å². The topological polar surface area (TPSA) is 55.1 Å². The maximum atomic E-state index is 11.6. The summed E-state index contributed by atoms with van der Waals surface area (Å²) in [4.78, 5) is 11.6. The quantitative estimate of drug-likeness (QED) is 0.827. The van der Waals surface area contributed by atoms with Crippen LogP contribution in [0.15, 0.2) is 12.1 Å². The Morgan fingerprint density at radius 1 is 1.26 bits per heavy atom. The molecule has 106 valence electrons. The molecule has 1 aromatic carbocycles. The number of nitrogens with one attached hydrogen (secondary N) is 1. The van der Waals surface area contributed by atoms with Crippen LogP contribution in [0.4, 0.5) is 0 Å². The van der Waals surface area contributed by atoms with Gasteiger partial charge in [-0.1, -0.05) is 17.7 Å². The van der Waals surface area contributed by atoms with Crippen LogP contribution in [0.3, 0.4) is 0 Å². The summed E-state index contributed by atoms with van der Waals surface area (Å²) in [5.74, 6) is 0.0970. The first-order chi connectivity index (χ1) is 8.90. The normalized spacial score (nSPS) is 12.3. The van der Waals surface area contributed by atoms with Crippen LogP contribution >= 0.6 is 0 Å². The maximum absolute atomic E-state index is 11.6. The van der Waals surface area contributed by atoms with E-state index < -0.39 is 0 Å². The zero-order valence-corrected chi connectivity index (χ0v) is 12.5. The first kappa shape index (κ1) is 15.7. The molecule has 3 heteroatoms. The lowest BCUT2D eigenvalue weighted by Gasteiger charge is -2.12. The molecule has 0 heterocycles. The van der Waals surface area contributed by atoms with E-state index in [-0.39, 0.29) is 11.9 Å². The van der Waals surface area contributed by atoms with E-state index >= 15 is 0 Å². The lowest BCUT2D eigenvalue weighted by atomic mass is 9.97. The summed E-state index contributed by atoms with van der Waals surface area (Å²) in [6.45, 7) is 8.99. The average Bonchev–Trinajstić information content (AvgIpc) is 2.29. The van der Waals surface area contributed by atoms with Gasteiger partial charge < -0.3 is 11.1 Å². The molecule has 3 nitrogen and oxygen atoms in total. The predicted molar refractivity (Wildman–Crippen MR) is 80.3 cm³/mol. The number of hydrogen-bond acceptors (Lipinski definition) is 2. The molecule has 3 N–H and O–H groups in total. The number of aryl methyl sites for hydroxylation is 3. The van der Waals surface area contributed by atoms with Crippen LogP contribution in [0.1, 0.15) is 42.0 Å². The van der Waals surface area contributed by atoms with Crippen molar-refractivity contribution in [1.29, 1.82) is 0 Å². The second-order valence-corrected chi connectivity index (χ2v) is 5.49. The number of nitrogens with two attached hydrogens (primary N) is 1. The lowest BCUT2D eigenvalue weighted by molar-refractivity contribution is -0.121. The van der Waals surface area contributed by atoms with Crippen molar-refractivity contribution < 1.29 is 4.79 Å². The fourth-order valence-corrected chi connectivity index (χ4v) is 2.38. The van der Waals surface area contributed by atoms with Crippen molar-refractivity contribution in [2.75, 3.05) is 6.54 Å². The Balaban J connectivity index is 2.43. The molecule has 0 aromatic heterocycles. The molecule has 0 radical (unpaired) electrons. The van der Waals surface area contributed by atoms with E-state index in [2.05, 4.69) is 38.2 Å². The molecular formula is C16H26N2O. The highest BCUT2D eigenvalue weighted by molar-refractivity contribution is 5.75. The standard InChI is InChI=1S/C16H26N2O/c1-11-9-12(2)15(13(3)10-11)7-8-18-16(19)6-5-14(4)17/h9-10,14H,5-8,17H2,1-4H3,(H,18,19). The van der Waals surface area contributed by atoms with Crippen molar-refractivity contribution >= 4 is 5.91 Å². The molecule has 0 aliphatic carbocycles. The minimum atomic E-state index is 0.0901. The van der Waals surface area contributed by atoms with Crippen LogP contribution in [-0.2, 0) is 11.2 Å². The molecular weight excluding hydrogens is 236 g/mol. The van der Waals surface area contributed by atoms with E-state index in [1.807, 2.05) is 6.92 Å². The van der Waals surface area contributed by atoms with Crippen molar-refractivity contribution in [1.82, 2.24) is 5.32 Å². The van der Waals surface area contributed by atoms with Gasteiger partial charge in [0.15, 0.2) is 0 Å². The van der Waals surface area contributed by atoms with E-state index in [0.717, 1.165) is 12.8 Å². The lowest BCUT2D eigenvalue weighted by Crippen LogP contribution is -2.27.